The minimum Gasteiger partial charge on any atom is -0.497 e. The van der Waals surface area contributed by atoms with E-state index in [-0.39, 0.29) is 6.10 Å². The topological polar surface area (TPSA) is 30.5 Å². The van der Waals surface area contributed by atoms with Gasteiger partial charge in [-0.3, -0.25) is 0 Å². The molecule has 0 heterocycles. The average Bonchev–Trinajstić information content (AvgIpc) is 3.32. The van der Waals surface area contributed by atoms with Crippen molar-refractivity contribution in [3.63, 3.8) is 0 Å². The summed E-state index contributed by atoms with van der Waals surface area (Å²) in [4.78, 5) is 0. The van der Waals surface area contributed by atoms with Crippen LogP contribution in [0.4, 0.5) is 0 Å². The summed E-state index contributed by atoms with van der Waals surface area (Å²) >= 11 is 0. The number of rotatable bonds is 10. The summed E-state index contributed by atoms with van der Waals surface area (Å²) in [5, 5.41) is 3.58. The number of hydrogen-bond donors (Lipinski definition) is 1. The molecule has 21 heavy (non-hydrogen) atoms. The number of nitrogens with one attached hydrogen (secondary N) is 1. The van der Waals surface area contributed by atoms with Crippen LogP contribution < -0.4 is 10.1 Å². The second kappa shape index (κ2) is 8.40. The van der Waals surface area contributed by atoms with Crippen LogP contribution in [0.15, 0.2) is 24.3 Å². The first-order chi connectivity index (χ1) is 10.2. The van der Waals surface area contributed by atoms with Gasteiger partial charge in [0.1, 0.15) is 5.75 Å². The van der Waals surface area contributed by atoms with Gasteiger partial charge in [0.05, 0.1) is 19.8 Å². The van der Waals surface area contributed by atoms with Gasteiger partial charge in [-0.05, 0) is 42.9 Å². The summed E-state index contributed by atoms with van der Waals surface area (Å²) in [5.41, 5.74) is 1.23. The summed E-state index contributed by atoms with van der Waals surface area (Å²) in [6, 6.07) is 8.96. The molecule has 1 fully saturated rings. The molecule has 2 rings (SSSR count). The lowest BCUT2D eigenvalue weighted by molar-refractivity contribution is 0.0297. The molecular weight excluding hydrogens is 262 g/mol. The molecule has 0 radical (unpaired) electrons. The zero-order valence-corrected chi connectivity index (χ0v) is 13.6. The molecule has 0 aliphatic heterocycles. The summed E-state index contributed by atoms with van der Waals surface area (Å²) in [5.74, 6) is 1.52. The van der Waals surface area contributed by atoms with E-state index in [1.807, 2.05) is 12.1 Å². The molecule has 1 aliphatic rings. The smallest absolute Gasteiger partial charge is 0.118 e. The fourth-order valence-electron chi connectivity index (χ4n) is 2.51. The fourth-order valence-corrected chi connectivity index (χ4v) is 2.51. The molecule has 1 aromatic carbocycles. The second-order valence-electron chi connectivity index (χ2n) is 6.17. The highest BCUT2D eigenvalue weighted by molar-refractivity contribution is 5.28. The molecule has 2 unspecified atom stereocenters. The van der Waals surface area contributed by atoms with Gasteiger partial charge in [-0.25, -0.2) is 0 Å². The Morgan fingerprint density at radius 3 is 2.52 bits per heavy atom. The van der Waals surface area contributed by atoms with Crippen LogP contribution in [0.5, 0.6) is 5.75 Å². The van der Waals surface area contributed by atoms with Gasteiger partial charge in [-0.2, -0.15) is 0 Å². The van der Waals surface area contributed by atoms with Crippen molar-refractivity contribution in [2.45, 2.75) is 51.7 Å². The normalized spacial score (nSPS) is 17.5. The van der Waals surface area contributed by atoms with Gasteiger partial charge < -0.3 is 14.8 Å². The minimum absolute atomic E-state index is 0.135. The molecule has 3 heteroatoms. The van der Waals surface area contributed by atoms with Gasteiger partial charge in [0, 0.05) is 12.6 Å². The van der Waals surface area contributed by atoms with Crippen LogP contribution in [-0.4, -0.2) is 26.3 Å². The lowest BCUT2D eigenvalue weighted by Crippen LogP contribution is -2.26. The Kier molecular flexibility index (Phi) is 6.52. The van der Waals surface area contributed by atoms with E-state index in [0.717, 1.165) is 18.9 Å². The first-order valence-corrected chi connectivity index (χ1v) is 8.21. The summed E-state index contributed by atoms with van der Waals surface area (Å²) in [6.45, 7) is 6.22. The number of benzene rings is 1. The molecule has 2 atom stereocenters. The maximum Gasteiger partial charge on any atom is 0.118 e. The lowest BCUT2D eigenvalue weighted by atomic mass is 10.1. The molecule has 3 nitrogen and oxygen atoms in total. The van der Waals surface area contributed by atoms with Crippen molar-refractivity contribution < 1.29 is 9.47 Å². The Morgan fingerprint density at radius 2 is 1.95 bits per heavy atom. The van der Waals surface area contributed by atoms with E-state index < -0.39 is 0 Å². The molecule has 0 spiro atoms. The van der Waals surface area contributed by atoms with Gasteiger partial charge in [0.15, 0.2) is 0 Å². The quantitative estimate of drug-likeness (QED) is 0.708. The van der Waals surface area contributed by atoms with Crippen LogP contribution in [0.1, 0.15) is 51.2 Å². The van der Waals surface area contributed by atoms with Crippen molar-refractivity contribution >= 4 is 0 Å². The van der Waals surface area contributed by atoms with Gasteiger partial charge >= 0.3 is 0 Å². The first kappa shape index (κ1) is 16.3. The maximum atomic E-state index is 6.19. The monoisotopic (exact) mass is 291 g/mol. The third kappa shape index (κ3) is 5.68. The van der Waals surface area contributed by atoms with E-state index in [0.29, 0.717) is 12.0 Å². The standard InChI is InChI=1S/C18H29NO2/c1-4-5-14(2)13-21-18(12-19-16-8-9-16)15-6-10-17(20-3)11-7-15/h6-7,10-11,14,16,18-19H,4-5,8-9,12-13H2,1-3H3. The van der Waals surface area contributed by atoms with Crippen LogP contribution in [-0.2, 0) is 4.74 Å². The van der Waals surface area contributed by atoms with E-state index in [1.54, 1.807) is 7.11 Å². The van der Waals surface area contributed by atoms with Gasteiger partial charge in [-0.15, -0.1) is 0 Å². The van der Waals surface area contributed by atoms with Crippen LogP contribution >= 0.6 is 0 Å². The van der Waals surface area contributed by atoms with Gasteiger partial charge in [-0.1, -0.05) is 32.4 Å². The Hall–Kier alpha value is -1.06. The van der Waals surface area contributed by atoms with Gasteiger partial charge in [0.25, 0.3) is 0 Å². The Bertz CT molecular complexity index is 400. The van der Waals surface area contributed by atoms with E-state index >= 15 is 0 Å². The molecule has 0 saturated heterocycles. The van der Waals surface area contributed by atoms with Crippen LogP contribution in [0.3, 0.4) is 0 Å². The van der Waals surface area contributed by atoms with E-state index in [1.165, 1.54) is 31.2 Å². The first-order valence-electron chi connectivity index (χ1n) is 8.21. The van der Waals surface area contributed by atoms with E-state index in [4.69, 9.17) is 9.47 Å². The molecule has 118 valence electrons. The van der Waals surface area contributed by atoms with Crippen molar-refractivity contribution in [3.8, 4) is 5.75 Å². The zero-order valence-electron chi connectivity index (χ0n) is 13.6. The molecule has 1 aromatic rings. The van der Waals surface area contributed by atoms with E-state index in [2.05, 4.69) is 31.3 Å². The highest BCUT2D eigenvalue weighted by Crippen LogP contribution is 2.24. The van der Waals surface area contributed by atoms with Gasteiger partial charge in [0.2, 0.25) is 0 Å². The molecule has 0 bridgehead atoms. The third-order valence-electron chi connectivity index (χ3n) is 4.02. The predicted octanol–water partition coefficient (Wildman–Crippen LogP) is 3.94. The third-order valence-corrected chi connectivity index (χ3v) is 4.02. The second-order valence-corrected chi connectivity index (χ2v) is 6.17. The summed E-state index contributed by atoms with van der Waals surface area (Å²) in [6.07, 6.45) is 5.20. The molecule has 1 saturated carbocycles. The Morgan fingerprint density at radius 1 is 1.24 bits per heavy atom. The van der Waals surface area contributed by atoms with Crippen molar-refractivity contribution in [1.82, 2.24) is 5.32 Å². The van der Waals surface area contributed by atoms with Crippen molar-refractivity contribution in [1.29, 1.82) is 0 Å². The number of methoxy groups -OCH3 is 1. The number of ether oxygens (including phenoxy) is 2. The highest BCUT2D eigenvalue weighted by atomic mass is 16.5. The summed E-state index contributed by atoms with van der Waals surface area (Å²) in [7, 11) is 1.70. The summed E-state index contributed by atoms with van der Waals surface area (Å²) < 4.78 is 11.4. The molecule has 0 aromatic heterocycles. The lowest BCUT2D eigenvalue weighted by Gasteiger charge is -2.21. The Labute approximate surface area is 129 Å². The predicted molar refractivity (Wildman–Crippen MR) is 86.8 cm³/mol. The largest absolute Gasteiger partial charge is 0.497 e. The van der Waals surface area contributed by atoms with Crippen LogP contribution in [0, 0.1) is 5.92 Å². The molecule has 1 N–H and O–H groups in total. The average molecular weight is 291 g/mol. The molecule has 1 aliphatic carbocycles. The van der Waals surface area contributed by atoms with Crippen molar-refractivity contribution in [2.24, 2.45) is 5.92 Å². The minimum atomic E-state index is 0.135. The zero-order chi connectivity index (χ0) is 15.1. The number of hydrogen-bond acceptors (Lipinski definition) is 3. The molecular formula is C18H29NO2. The van der Waals surface area contributed by atoms with Crippen LogP contribution in [0.25, 0.3) is 0 Å². The maximum absolute atomic E-state index is 6.19. The van der Waals surface area contributed by atoms with Crippen molar-refractivity contribution in [3.05, 3.63) is 29.8 Å². The fraction of sp³-hybridized carbons (Fsp3) is 0.667. The SMILES string of the molecule is CCCC(C)COC(CNC1CC1)c1ccc(OC)cc1. The highest BCUT2D eigenvalue weighted by Gasteiger charge is 2.23. The van der Waals surface area contributed by atoms with Crippen molar-refractivity contribution in [2.75, 3.05) is 20.3 Å². The van der Waals surface area contributed by atoms with Crippen LogP contribution in [0.2, 0.25) is 0 Å². The molecule has 0 amide bonds. The Balaban J connectivity index is 1.92. The van der Waals surface area contributed by atoms with E-state index in [9.17, 15) is 0 Å².